The van der Waals surface area contributed by atoms with E-state index in [1.165, 1.54) is 5.56 Å². The summed E-state index contributed by atoms with van der Waals surface area (Å²) in [6.45, 7) is 8.81. The van der Waals surface area contributed by atoms with E-state index in [2.05, 4.69) is 10.5 Å². The van der Waals surface area contributed by atoms with Crippen LogP contribution in [0, 0.1) is 20.8 Å². The summed E-state index contributed by atoms with van der Waals surface area (Å²) in [6.07, 6.45) is 0. The van der Waals surface area contributed by atoms with Gasteiger partial charge in [-0.3, -0.25) is 4.79 Å². The number of aryl methyl sites for hydroxylation is 3. The number of ether oxygens (including phenoxy) is 1. The second kappa shape index (κ2) is 6.42. The molecule has 1 aliphatic heterocycles. The summed E-state index contributed by atoms with van der Waals surface area (Å²) in [5.41, 5.74) is 4.36. The summed E-state index contributed by atoms with van der Waals surface area (Å²) in [5.74, 6) is 0.346. The zero-order chi connectivity index (χ0) is 16.4. The minimum absolute atomic E-state index is 0.261. The number of aromatic nitrogens is 1. The molecule has 122 valence electrons. The fourth-order valence-electron chi connectivity index (χ4n) is 2.86. The first-order valence-electron chi connectivity index (χ1n) is 7.73. The maximum absolute atomic E-state index is 12.4. The van der Waals surface area contributed by atoms with Crippen molar-refractivity contribution in [2.75, 3.05) is 36.5 Å². The predicted molar refractivity (Wildman–Crippen MR) is 88.1 cm³/mol. The summed E-state index contributed by atoms with van der Waals surface area (Å²) in [5, 5.41) is 6.83. The predicted octanol–water partition coefficient (Wildman–Crippen LogP) is 2.69. The molecule has 6 nitrogen and oxygen atoms in total. The summed E-state index contributed by atoms with van der Waals surface area (Å²) >= 11 is 0. The first-order valence-corrected chi connectivity index (χ1v) is 7.73. The molecule has 0 aliphatic carbocycles. The van der Waals surface area contributed by atoms with Crippen molar-refractivity contribution in [3.8, 4) is 0 Å². The van der Waals surface area contributed by atoms with Gasteiger partial charge in [-0.15, -0.1) is 0 Å². The quantitative estimate of drug-likeness (QED) is 0.943. The lowest BCUT2D eigenvalue weighted by molar-refractivity contribution is 0.101. The fourth-order valence-corrected chi connectivity index (χ4v) is 2.86. The topological polar surface area (TPSA) is 67.6 Å². The Balaban J connectivity index is 1.75. The molecule has 6 heteroatoms. The molecule has 1 aromatic carbocycles. The number of nitrogens with one attached hydrogen (secondary N) is 1. The summed E-state index contributed by atoms with van der Waals surface area (Å²) in [6, 6.07) is 5.77. The van der Waals surface area contributed by atoms with Crippen molar-refractivity contribution in [2.24, 2.45) is 0 Å². The van der Waals surface area contributed by atoms with Crippen LogP contribution in [0.15, 0.2) is 22.7 Å². The van der Waals surface area contributed by atoms with Crippen LogP contribution in [-0.2, 0) is 4.74 Å². The van der Waals surface area contributed by atoms with E-state index >= 15 is 0 Å². The summed E-state index contributed by atoms with van der Waals surface area (Å²) < 4.78 is 10.6. The average Bonchev–Trinajstić information content (AvgIpc) is 3.01. The zero-order valence-electron chi connectivity index (χ0n) is 13.7. The molecule has 3 rings (SSSR count). The molecule has 0 bridgehead atoms. The van der Waals surface area contributed by atoms with Crippen molar-refractivity contribution in [2.45, 2.75) is 20.8 Å². The van der Waals surface area contributed by atoms with Gasteiger partial charge in [-0.2, -0.15) is 0 Å². The highest BCUT2D eigenvalue weighted by molar-refractivity contribution is 6.04. The van der Waals surface area contributed by atoms with Crippen LogP contribution in [0.25, 0.3) is 0 Å². The Morgan fingerprint density at radius 3 is 2.43 bits per heavy atom. The lowest BCUT2D eigenvalue weighted by Gasteiger charge is -2.25. The highest BCUT2D eigenvalue weighted by Crippen LogP contribution is 2.23. The van der Waals surface area contributed by atoms with E-state index in [1.807, 2.05) is 37.8 Å². The van der Waals surface area contributed by atoms with Gasteiger partial charge in [-0.05, 0) is 31.9 Å². The van der Waals surface area contributed by atoms with Gasteiger partial charge in [0.2, 0.25) is 5.88 Å². The summed E-state index contributed by atoms with van der Waals surface area (Å²) in [7, 11) is 0. The third-order valence-corrected chi connectivity index (χ3v) is 3.97. The Morgan fingerprint density at radius 2 is 1.78 bits per heavy atom. The second-order valence-corrected chi connectivity index (χ2v) is 5.88. The molecular formula is C17H21N3O3. The van der Waals surface area contributed by atoms with Crippen molar-refractivity contribution < 1.29 is 14.1 Å². The minimum atomic E-state index is -0.261. The number of anilines is 2. The Bertz CT molecular complexity index is 695. The van der Waals surface area contributed by atoms with Crippen molar-refractivity contribution in [3.63, 3.8) is 0 Å². The molecule has 0 unspecified atom stereocenters. The van der Waals surface area contributed by atoms with E-state index in [4.69, 9.17) is 9.26 Å². The normalized spacial score (nSPS) is 14.8. The second-order valence-electron chi connectivity index (χ2n) is 5.88. The fraction of sp³-hybridized carbons (Fsp3) is 0.412. The van der Waals surface area contributed by atoms with Gasteiger partial charge in [0, 0.05) is 24.8 Å². The monoisotopic (exact) mass is 315 g/mol. The van der Waals surface area contributed by atoms with Gasteiger partial charge in [0.1, 0.15) is 0 Å². The molecule has 0 radical (unpaired) electrons. The molecule has 2 heterocycles. The SMILES string of the molecule is Cc1cc(C)c(NC(=O)c2cc(N3CCOCC3)on2)c(C)c1. The molecule has 1 fully saturated rings. The van der Waals surface area contributed by atoms with E-state index in [9.17, 15) is 4.79 Å². The maximum Gasteiger partial charge on any atom is 0.277 e. The van der Waals surface area contributed by atoms with Crippen molar-refractivity contribution in [1.29, 1.82) is 0 Å². The van der Waals surface area contributed by atoms with Gasteiger partial charge in [-0.25, -0.2) is 0 Å². The van der Waals surface area contributed by atoms with Crippen LogP contribution in [-0.4, -0.2) is 37.4 Å². The molecule has 0 atom stereocenters. The lowest BCUT2D eigenvalue weighted by atomic mass is 10.1. The standard InChI is InChI=1S/C17H21N3O3/c1-11-8-12(2)16(13(3)9-11)18-17(21)14-10-15(23-19-14)20-4-6-22-7-5-20/h8-10H,4-7H2,1-3H3,(H,18,21). The Morgan fingerprint density at radius 1 is 1.13 bits per heavy atom. The van der Waals surface area contributed by atoms with Gasteiger partial charge in [-0.1, -0.05) is 22.9 Å². The van der Waals surface area contributed by atoms with Crippen molar-refractivity contribution in [3.05, 3.63) is 40.6 Å². The summed E-state index contributed by atoms with van der Waals surface area (Å²) in [4.78, 5) is 14.4. The molecule has 0 spiro atoms. The smallest absolute Gasteiger partial charge is 0.277 e. The molecule has 2 aromatic rings. The van der Waals surface area contributed by atoms with Gasteiger partial charge < -0.3 is 19.5 Å². The van der Waals surface area contributed by atoms with E-state index < -0.39 is 0 Å². The molecule has 1 aromatic heterocycles. The number of carbonyl (C=O) groups excluding carboxylic acids is 1. The molecule has 1 N–H and O–H groups in total. The van der Waals surface area contributed by atoms with Crippen LogP contribution < -0.4 is 10.2 Å². The van der Waals surface area contributed by atoms with Crippen molar-refractivity contribution >= 4 is 17.5 Å². The Hall–Kier alpha value is -2.34. The molecule has 23 heavy (non-hydrogen) atoms. The van der Waals surface area contributed by atoms with Crippen LogP contribution >= 0.6 is 0 Å². The zero-order valence-corrected chi connectivity index (χ0v) is 13.7. The molecule has 1 saturated heterocycles. The third-order valence-electron chi connectivity index (χ3n) is 3.97. The highest BCUT2D eigenvalue weighted by Gasteiger charge is 2.19. The van der Waals surface area contributed by atoms with Gasteiger partial charge >= 0.3 is 0 Å². The lowest BCUT2D eigenvalue weighted by Crippen LogP contribution is -2.35. The van der Waals surface area contributed by atoms with E-state index in [1.54, 1.807) is 6.07 Å². The van der Waals surface area contributed by atoms with E-state index in [0.29, 0.717) is 19.1 Å². The molecule has 1 amide bonds. The number of morpholine rings is 1. The van der Waals surface area contributed by atoms with Gasteiger partial charge in [0.05, 0.1) is 13.2 Å². The van der Waals surface area contributed by atoms with Crippen LogP contribution in [0.4, 0.5) is 11.6 Å². The van der Waals surface area contributed by atoms with Gasteiger partial charge in [0.15, 0.2) is 5.69 Å². The number of hydrogen-bond acceptors (Lipinski definition) is 5. The molecule has 0 saturated carbocycles. The van der Waals surface area contributed by atoms with E-state index in [0.717, 1.165) is 29.9 Å². The molecule has 1 aliphatic rings. The van der Waals surface area contributed by atoms with Gasteiger partial charge in [0.25, 0.3) is 5.91 Å². The van der Waals surface area contributed by atoms with Crippen molar-refractivity contribution in [1.82, 2.24) is 5.16 Å². The largest absolute Gasteiger partial charge is 0.378 e. The van der Waals surface area contributed by atoms with Crippen LogP contribution in [0.3, 0.4) is 0 Å². The van der Waals surface area contributed by atoms with Crippen LogP contribution in [0.5, 0.6) is 0 Å². The van der Waals surface area contributed by atoms with Crippen LogP contribution in [0.2, 0.25) is 0 Å². The number of carbonyl (C=O) groups is 1. The Kier molecular flexibility index (Phi) is 4.34. The third kappa shape index (κ3) is 3.37. The average molecular weight is 315 g/mol. The highest BCUT2D eigenvalue weighted by atomic mass is 16.5. The number of nitrogens with zero attached hydrogens (tertiary/aromatic N) is 2. The number of benzene rings is 1. The first kappa shape index (κ1) is 15.6. The number of hydrogen-bond donors (Lipinski definition) is 1. The number of amides is 1. The van der Waals surface area contributed by atoms with Crippen LogP contribution in [0.1, 0.15) is 27.2 Å². The molecular weight excluding hydrogens is 294 g/mol. The maximum atomic E-state index is 12.4. The first-order chi connectivity index (χ1) is 11.0. The Labute approximate surface area is 135 Å². The minimum Gasteiger partial charge on any atom is -0.378 e. The van der Waals surface area contributed by atoms with E-state index in [-0.39, 0.29) is 11.6 Å². The number of rotatable bonds is 3.